The summed E-state index contributed by atoms with van der Waals surface area (Å²) < 4.78 is 33.5. The van der Waals surface area contributed by atoms with Crippen molar-refractivity contribution >= 4 is 27.9 Å². The Morgan fingerprint density at radius 1 is 1.03 bits per heavy atom. The topological polar surface area (TPSA) is 114 Å². The monoisotopic (exact) mass is 552 g/mol. The molecule has 2 heterocycles. The molecule has 1 aromatic heterocycles. The van der Waals surface area contributed by atoms with Gasteiger partial charge in [-0.25, -0.2) is 13.2 Å². The molecule has 1 aliphatic heterocycles. The number of hydrogen-bond acceptors (Lipinski definition) is 6. The molecule has 10 heteroatoms. The van der Waals surface area contributed by atoms with Gasteiger partial charge in [-0.15, -0.1) is 0 Å². The Hall–Kier alpha value is -3.63. The van der Waals surface area contributed by atoms with Crippen LogP contribution in [0.1, 0.15) is 55.9 Å². The molecule has 0 atom stereocenters. The van der Waals surface area contributed by atoms with Crippen molar-refractivity contribution in [1.82, 2.24) is 14.5 Å². The number of nitrogens with zero attached hydrogens (tertiary/aromatic N) is 2. The van der Waals surface area contributed by atoms with E-state index in [9.17, 15) is 18.0 Å². The van der Waals surface area contributed by atoms with E-state index in [1.54, 1.807) is 13.2 Å². The van der Waals surface area contributed by atoms with Crippen LogP contribution in [0.3, 0.4) is 0 Å². The van der Waals surface area contributed by atoms with Crippen molar-refractivity contribution < 1.29 is 13.2 Å². The first kappa shape index (κ1) is 28.4. The third-order valence-electron chi connectivity index (χ3n) is 6.70. The predicted octanol–water partition coefficient (Wildman–Crippen LogP) is 3.97. The van der Waals surface area contributed by atoms with Gasteiger partial charge < -0.3 is 4.74 Å². The summed E-state index contributed by atoms with van der Waals surface area (Å²) in [4.78, 5) is 28.9. The third-order valence-corrected chi connectivity index (χ3v) is 7.30. The Kier molecular flexibility index (Phi) is 8.17. The fourth-order valence-corrected chi connectivity index (χ4v) is 5.40. The molecule has 0 bridgehead atoms. The maximum absolute atomic E-state index is 12.6. The lowest BCUT2D eigenvalue weighted by Gasteiger charge is -2.25. The van der Waals surface area contributed by atoms with Gasteiger partial charge in [0.25, 0.3) is 5.56 Å². The molecule has 2 N–H and O–H groups in total. The van der Waals surface area contributed by atoms with E-state index in [0.29, 0.717) is 23.7 Å². The molecular formula is C29H36N4O5S. The third kappa shape index (κ3) is 7.07. The molecule has 208 valence electrons. The molecule has 0 saturated carbocycles. The standard InChI is InChI=1S/C29H36N4O5S/c1-29(2,3)25-18-24(33-15-12-26(34)30-28(33)35)17-21(27(25)38-4)9-8-20-10-11-23(31-39(5,36)37)16-22(20)19-32-13-6-7-14-32/h8-12,15-18,31H,6-7,13-14,19H2,1-5H3,(H,30,34,35)/b9-8+. The molecule has 0 radical (unpaired) electrons. The second-order valence-electron chi connectivity index (χ2n) is 11.0. The van der Waals surface area contributed by atoms with Crippen molar-refractivity contribution in [3.8, 4) is 11.4 Å². The fraction of sp³-hybridized carbons (Fsp3) is 0.379. The van der Waals surface area contributed by atoms with Crippen molar-refractivity contribution in [2.24, 2.45) is 0 Å². The molecule has 0 spiro atoms. The number of ether oxygens (including phenoxy) is 1. The van der Waals surface area contributed by atoms with Gasteiger partial charge in [0.2, 0.25) is 10.0 Å². The number of benzene rings is 2. The van der Waals surface area contributed by atoms with Crippen molar-refractivity contribution in [1.29, 1.82) is 0 Å². The molecule has 1 saturated heterocycles. The second-order valence-corrected chi connectivity index (χ2v) is 12.7. The molecule has 4 rings (SSSR count). The zero-order valence-corrected chi connectivity index (χ0v) is 23.9. The zero-order chi connectivity index (χ0) is 28.4. The number of methoxy groups -OCH3 is 1. The molecule has 0 aliphatic carbocycles. The Labute approximate surface area is 229 Å². The first-order valence-corrected chi connectivity index (χ1v) is 14.8. The normalized spacial score (nSPS) is 14.7. The summed E-state index contributed by atoms with van der Waals surface area (Å²) in [5, 5.41) is 0. The summed E-state index contributed by atoms with van der Waals surface area (Å²) in [6.45, 7) is 8.92. The van der Waals surface area contributed by atoms with Crippen LogP contribution < -0.4 is 20.7 Å². The van der Waals surface area contributed by atoms with E-state index in [2.05, 4.69) is 35.4 Å². The van der Waals surface area contributed by atoms with Gasteiger partial charge >= 0.3 is 5.69 Å². The Morgan fingerprint density at radius 2 is 1.72 bits per heavy atom. The minimum Gasteiger partial charge on any atom is -0.496 e. The molecule has 2 aromatic carbocycles. The molecule has 39 heavy (non-hydrogen) atoms. The van der Waals surface area contributed by atoms with Gasteiger partial charge in [-0.3, -0.25) is 24.0 Å². The minimum atomic E-state index is -3.40. The number of sulfonamides is 1. The van der Waals surface area contributed by atoms with Crippen LogP contribution in [0.25, 0.3) is 17.8 Å². The predicted molar refractivity (Wildman–Crippen MR) is 156 cm³/mol. The van der Waals surface area contributed by atoms with Crippen molar-refractivity contribution in [3.63, 3.8) is 0 Å². The first-order valence-electron chi connectivity index (χ1n) is 12.9. The van der Waals surface area contributed by atoms with E-state index in [0.717, 1.165) is 54.4 Å². The van der Waals surface area contributed by atoms with E-state index in [1.807, 2.05) is 36.4 Å². The van der Waals surface area contributed by atoms with Gasteiger partial charge in [0.1, 0.15) is 5.75 Å². The van der Waals surface area contributed by atoms with E-state index < -0.39 is 21.3 Å². The van der Waals surface area contributed by atoms with E-state index in [4.69, 9.17) is 4.74 Å². The van der Waals surface area contributed by atoms with Crippen LogP contribution in [-0.4, -0.2) is 49.3 Å². The molecule has 0 unspecified atom stereocenters. The van der Waals surface area contributed by atoms with Gasteiger partial charge in [0.15, 0.2) is 0 Å². The lowest BCUT2D eigenvalue weighted by molar-refractivity contribution is 0.331. The highest BCUT2D eigenvalue weighted by atomic mass is 32.2. The number of aromatic nitrogens is 2. The summed E-state index contributed by atoms with van der Waals surface area (Å²) in [5.41, 5.74) is 3.48. The number of anilines is 1. The van der Waals surface area contributed by atoms with Crippen LogP contribution in [-0.2, 0) is 22.0 Å². The zero-order valence-electron chi connectivity index (χ0n) is 23.1. The molecule has 9 nitrogen and oxygen atoms in total. The largest absolute Gasteiger partial charge is 0.496 e. The molecule has 0 amide bonds. The van der Waals surface area contributed by atoms with Crippen LogP contribution in [0.2, 0.25) is 0 Å². The van der Waals surface area contributed by atoms with Gasteiger partial charge in [-0.05, 0) is 66.7 Å². The maximum atomic E-state index is 12.6. The average Bonchev–Trinajstić information content (AvgIpc) is 3.34. The highest BCUT2D eigenvalue weighted by Crippen LogP contribution is 2.37. The SMILES string of the molecule is COc1c(/C=C/c2ccc(NS(C)(=O)=O)cc2CN2CCCC2)cc(-n2ccc(=O)[nH]c2=O)cc1C(C)(C)C. The van der Waals surface area contributed by atoms with Crippen molar-refractivity contribution in [2.45, 2.75) is 45.6 Å². The number of nitrogens with one attached hydrogen (secondary N) is 2. The average molecular weight is 553 g/mol. The number of H-pyrrole nitrogens is 1. The van der Waals surface area contributed by atoms with Crippen LogP contribution in [0, 0.1) is 0 Å². The van der Waals surface area contributed by atoms with Gasteiger partial charge in [0, 0.05) is 35.6 Å². The van der Waals surface area contributed by atoms with Crippen LogP contribution in [0.4, 0.5) is 5.69 Å². The quantitative estimate of drug-likeness (QED) is 0.409. The summed E-state index contributed by atoms with van der Waals surface area (Å²) >= 11 is 0. The molecular weight excluding hydrogens is 516 g/mol. The maximum Gasteiger partial charge on any atom is 0.332 e. The van der Waals surface area contributed by atoms with E-state index in [1.165, 1.54) is 16.8 Å². The summed E-state index contributed by atoms with van der Waals surface area (Å²) in [7, 11) is -1.78. The fourth-order valence-electron chi connectivity index (χ4n) is 4.85. The summed E-state index contributed by atoms with van der Waals surface area (Å²) in [6, 6.07) is 10.6. The van der Waals surface area contributed by atoms with Crippen molar-refractivity contribution in [3.05, 3.63) is 85.7 Å². The van der Waals surface area contributed by atoms with Crippen LogP contribution in [0.15, 0.2) is 52.2 Å². The first-order chi connectivity index (χ1) is 18.3. The van der Waals surface area contributed by atoms with Crippen LogP contribution in [0.5, 0.6) is 5.75 Å². The molecule has 1 aliphatic rings. The van der Waals surface area contributed by atoms with Crippen molar-refractivity contribution in [2.75, 3.05) is 31.2 Å². The van der Waals surface area contributed by atoms with Crippen LogP contribution >= 0.6 is 0 Å². The Bertz CT molecular complexity index is 1610. The smallest absolute Gasteiger partial charge is 0.332 e. The number of aromatic amines is 1. The second kappa shape index (κ2) is 11.2. The minimum absolute atomic E-state index is 0.296. The van der Waals surface area contributed by atoms with E-state index >= 15 is 0 Å². The Morgan fingerprint density at radius 3 is 2.33 bits per heavy atom. The molecule has 3 aromatic rings. The van der Waals surface area contributed by atoms with Gasteiger partial charge in [-0.2, -0.15) is 0 Å². The van der Waals surface area contributed by atoms with E-state index in [-0.39, 0.29) is 5.41 Å². The van der Waals surface area contributed by atoms with Gasteiger partial charge in [0.05, 0.1) is 19.1 Å². The number of rotatable bonds is 8. The summed E-state index contributed by atoms with van der Waals surface area (Å²) in [5.74, 6) is 0.691. The highest BCUT2D eigenvalue weighted by molar-refractivity contribution is 7.92. The Balaban J connectivity index is 1.83. The highest BCUT2D eigenvalue weighted by Gasteiger charge is 2.23. The summed E-state index contributed by atoms with van der Waals surface area (Å²) in [6.07, 6.45) is 8.83. The lowest BCUT2D eigenvalue weighted by Crippen LogP contribution is -2.28. The van der Waals surface area contributed by atoms with Gasteiger partial charge in [-0.1, -0.05) is 39.0 Å². The number of hydrogen-bond donors (Lipinski definition) is 2. The lowest BCUT2D eigenvalue weighted by atomic mass is 9.84. The number of likely N-dealkylation sites (tertiary alicyclic amines) is 1. The molecule has 1 fully saturated rings.